The van der Waals surface area contributed by atoms with Crippen molar-refractivity contribution < 1.29 is 0 Å². The van der Waals surface area contributed by atoms with Gasteiger partial charge in [0.25, 0.3) is 0 Å². The summed E-state index contributed by atoms with van der Waals surface area (Å²) in [5.74, 6) is 2.53. The molecule has 0 aromatic carbocycles. The van der Waals surface area contributed by atoms with E-state index in [4.69, 9.17) is 0 Å². The van der Waals surface area contributed by atoms with Gasteiger partial charge in [-0.15, -0.1) is 11.3 Å². The topological polar surface area (TPSA) is 12.0 Å². The highest BCUT2D eigenvalue weighted by molar-refractivity contribution is 7.99. The van der Waals surface area contributed by atoms with Crippen LogP contribution in [0.5, 0.6) is 0 Å². The Balaban J connectivity index is 2.09. The van der Waals surface area contributed by atoms with Crippen LogP contribution in [0.2, 0.25) is 0 Å². The van der Waals surface area contributed by atoms with Gasteiger partial charge in [-0.1, -0.05) is 13.8 Å². The van der Waals surface area contributed by atoms with Crippen molar-refractivity contribution in [1.82, 2.24) is 5.32 Å². The number of hydrogen-bond donors (Lipinski definition) is 1. The van der Waals surface area contributed by atoms with Gasteiger partial charge in [-0.25, -0.2) is 0 Å². The Hall–Kier alpha value is 0.0100. The predicted octanol–water partition coefficient (Wildman–Crippen LogP) is 3.54. The average Bonchev–Trinajstić information content (AvgIpc) is 2.70. The second-order valence-electron chi connectivity index (χ2n) is 3.45. The Morgan fingerprint density at radius 1 is 1.40 bits per heavy atom. The highest BCUT2D eigenvalue weighted by Crippen LogP contribution is 2.16. The third-order valence-electron chi connectivity index (χ3n) is 2.35. The van der Waals surface area contributed by atoms with Crippen LogP contribution in [-0.2, 0) is 13.0 Å². The van der Waals surface area contributed by atoms with Crippen molar-refractivity contribution in [3.05, 3.63) is 21.9 Å². The smallest absolute Gasteiger partial charge is 0.0302 e. The zero-order chi connectivity index (χ0) is 10.9. The number of thiophene rings is 1. The molecular formula is C12H21NS2. The first-order valence-corrected chi connectivity index (χ1v) is 7.75. The standard InChI is InChI=1S/C12H21NS2/c1-3-11-6-9-15-12(11)10-13-7-5-8-14-4-2/h6,9,13H,3-5,7-8,10H2,1-2H3. The molecule has 0 bridgehead atoms. The van der Waals surface area contributed by atoms with Crippen molar-refractivity contribution >= 4 is 23.1 Å². The predicted molar refractivity (Wildman–Crippen MR) is 73.0 cm³/mol. The Morgan fingerprint density at radius 2 is 2.27 bits per heavy atom. The number of hydrogen-bond acceptors (Lipinski definition) is 3. The molecule has 86 valence electrons. The van der Waals surface area contributed by atoms with E-state index in [1.54, 1.807) is 0 Å². The number of nitrogens with one attached hydrogen (secondary N) is 1. The highest BCUT2D eigenvalue weighted by atomic mass is 32.2. The molecule has 1 rings (SSSR count). The largest absolute Gasteiger partial charge is 0.312 e. The van der Waals surface area contributed by atoms with Gasteiger partial charge in [0.2, 0.25) is 0 Å². The van der Waals surface area contributed by atoms with E-state index < -0.39 is 0 Å². The molecule has 1 nitrogen and oxygen atoms in total. The molecule has 0 amide bonds. The molecule has 1 N–H and O–H groups in total. The molecule has 0 saturated heterocycles. The normalized spacial score (nSPS) is 10.8. The van der Waals surface area contributed by atoms with Crippen LogP contribution >= 0.6 is 23.1 Å². The molecule has 1 aromatic rings. The summed E-state index contributed by atoms with van der Waals surface area (Å²) >= 11 is 3.90. The molecule has 0 aliphatic carbocycles. The third-order valence-corrected chi connectivity index (χ3v) is 4.30. The van der Waals surface area contributed by atoms with Crippen LogP contribution in [-0.4, -0.2) is 18.1 Å². The molecule has 0 aliphatic heterocycles. The van der Waals surface area contributed by atoms with Gasteiger partial charge in [0.05, 0.1) is 0 Å². The molecule has 0 aliphatic rings. The minimum absolute atomic E-state index is 1.05. The summed E-state index contributed by atoms with van der Waals surface area (Å²) in [6.07, 6.45) is 2.44. The second kappa shape index (κ2) is 8.20. The Labute approximate surface area is 102 Å². The second-order valence-corrected chi connectivity index (χ2v) is 5.84. The molecule has 3 heteroatoms. The summed E-state index contributed by atoms with van der Waals surface area (Å²) in [6.45, 7) is 6.65. The molecular weight excluding hydrogens is 222 g/mol. The zero-order valence-corrected chi connectivity index (χ0v) is 11.3. The molecule has 0 saturated carbocycles. The van der Waals surface area contributed by atoms with Crippen molar-refractivity contribution in [1.29, 1.82) is 0 Å². The van der Waals surface area contributed by atoms with Gasteiger partial charge in [-0.3, -0.25) is 0 Å². The van der Waals surface area contributed by atoms with Crippen molar-refractivity contribution in [3.63, 3.8) is 0 Å². The van der Waals surface area contributed by atoms with E-state index in [1.165, 1.54) is 28.4 Å². The van der Waals surface area contributed by atoms with Crippen LogP contribution in [0.3, 0.4) is 0 Å². The maximum absolute atomic E-state index is 3.52. The van der Waals surface area contributed by atoms with Gasteiger partial charge in [0.1, 0.15) is 0 Å². The highest BCUT2D eigenvalue weighted by Gasteiger charge is 2.00. The van der Waals surface area contributed by atoms with Crippen LogP contribution < -0.4 is 5.32 Å². The van der Waals surface area contributed by atoms with E-state index in [0.717, 1.165) is 19.5 Å². The molecule has 15 heavy (non-hydrogen) atoms. The Morgan fingerprint density at radius 3 is 3.00 bits per heavy atom. The fourth-order valence-corrected chi connectivity index (χ4v) is 3.07. The summed E-state index contributed by atoms with van der Waals surface area (Å²) in [4.78, 5) is 1.51. The van der Waals surface area contributed by atoms with E-state index in [1.807, 2.05) is 23.1 Å². The first-order chi connectivity index (χ1) is 7.38. The van der Waals surface area contributed by atoms with E-state index in [0.29, 0.717) is 0 Å². The zero-order valence-electron chi connectivity index (χ0n) is 9.71. The molecule has 0 fully saturated rings. The lowest BCUT2D eigenvalue weighted by Gasteiger charge is -2.04. The Kier molecular flexibility index (Phi) is 7.14. The van der Waals surface area contributed by atoms with Crippen molar-refractivity contribution in [2.24, 2.45) is 0 Å². The fourth-order valence-electron chi connectivity index (χ4n) is 1.48. The maximum atomic E-state index is 3.52. The van der Waals surface area contributed by atoms with Gasteiger partial charge in [0.15, 0.2) is 0 Å². The Bertz CT molecular complexity index is 258. The number of rotatable bonds is 8. The van der Waals surface area contributed by atoms with Crippen LogP contribution in [0, 0.1) is 0 Å². The van der Waals surface area contributed by atoms with E-state index in [-0.39, 0.29) is 0 Å². The number of thioether (sulfide) groups is 1. The lowest BCUT2D eigenvalue weighted by molar-refractivity contribution is 0.682. The van der Waals surface area contributed by atoms with Crippen molar-refractivity contribution in [2.45, 2.75) is 33.2 Å². The molecule has 1 aromatic heterocycles. The van der Waals surface area contributed by atoms with Gasteiger partial charge in [-0.05, 0) is 47.9 Å². The van der Waals surface area contributed by atoms with Crippen LogP contribution in [0.15, 0.2) is 11.4 Å². The quantitative estimate of drug-likeness (QED) is 0.701. The molecule has 0 atom stereocenters. The SMILES string of the molecule is CCSCCCNCc1sccc1CC. The minimum atomic E-state index is 1.05. The molecule has 0 radical (unpaired) electrons. The first kappa shape index (κ1) is 13.1. The summed E-state index contributed by atoms with van der Waals surface area (Å²) in [6, 6.07) is 2.24. The van der Waals surface area contributed by atoms with E-state index in [2.05, 4.69) is 30.6 Å². The summed E-state index contributed by atoms with van der Waals surface area (Å²) in [7, 11) is 0. The summed E-state index contributed by atoms with van der Waals surface area (Å²) < 4.78 is 0. The monoisotopic (exact) mass is 243 g/mol. The summed E-state index contributed by atoms with van der Waals surface area (Å²) in [5.41, 5.74) is 1.51. The van der Waals surface area contributed by atoms with E-state index >= 15 is 0 Å². The van der Waals surface area contributed by atoms with Crippen molar-refractivity contribution in [3.8, 4) is 0 Å². The maximum Gasteiger partial charge on any atom is 0.0302 e. The van der Waals surface area contributed by atoms with Gasteiger partial charge < -0.3 is 5.32 Å². The molecule has 0 unspecified atom stereocenters. The summed E-state index contributed by atoms with van der Waals surface area (Å²) in [5, 5.41) is 5.72. The lowest BCUT2D eigenvalue weighted by Crippen LogP contribution is -2.15. The van der Waals surface area contributed by atoms with Crippen molar-refractivity contribution in [2.75, 3.05) is 18.1 Å². The van der Waals surface area contributed by atoms with Crippen LogP contribution in [0.4, 0.5) is 0 Å². The van der Waals surface area contributed by atoms with Crippen LogP contribution in [0.25, 0.3) is 0 Å². The first-order valence-electron chi connectivity index (χ1n) is 5.72. The number of aryl methyl sites for hydroxylation is 1. The van der Waals surface area contributed by atoms with E-state index in [9.17, 15) is 0 Å². The third kappa shape index (κ3) is 5.05. The van der Waals surface area contributed by atoms with Gasteiger partial charge in [0, 0.05) is 11.4 Å². The molecule has 1 heterocycles. The minimum Gasteiger partial charge on any atom is -0.312 e. The molecule has 0 spiro atoms. The average molecular weight is 243 g/mol. The fraction of sp³-hybridized carbons (Fsp3) is 0.667. The van der Waals surface area contributed by atoms with Gasteiger partial charge >= 0.3 is 0 Å². The lowest BCUT2D eigenvalue weighted by atomic mass is 10.2. The van der Waals surface area contributed by atoms with Crippen LogP contribution in [0.1, 0.15) is 30.7 Å². The van der Waals surface area contributed by atoms with Gasteiger partial charge in [-0.2, -0.15) is 11.8 Å².